The lowest BCUT2D eigenvalue weighted by Crippen LogP contribution is -2.42. The summed E-state index contributed by atoms with van der Waals surface area (Å²) in [7, 11) is 0. The predicted molar refractivity (Wildman–Crippen MR) is 170 cm³/mol. The molecule has 2 fully saturated rings. The molecule has 10 heteroatoms. The second-order valence-corrected chi connectivity index (χ2v) is 13.2. The van der Waals surface area contributed by atoms with Crippen LogP contribution in [-0.4, -0.2) is 50.4 Å². The van der Waals surface area contributed by atoms with Crippen molar-refractivity contribution in [3.05, 3.63) is 31.9 Å². The number of hydrogen-bond acceptors (Lipinski definition) is 7. The highest BCUT2D eigenvalue weighted by Crippen LogP contribution is 2.37. The summed E-state index contributed by atoms with van der Waals surface area (Å²) in [5.41, 5.74) is 1.21. The molecule has 224 valence electrons. The second-order valence-electron chi connectivity index (χ2n) is 11.6. The topological polar surface area (TPSA) is 107 Å². The van der Waals surface area contributed by atoms with Crippen molar-refractivity contribution in [2.45, 2.75) is 98.4 Å². The maximum Gasteiger partial charge on any atom is 0.303 e. The molecule has 1 aromatic heterocycles. The number of carboxylic acids is 1. The van der Waals surface area contributed by atoms with Crippen molar-refractivity contribution in [1.29, 1.82) is 5.26 Å². The van der Waals surface area contributed by atoms with Crippen molar-refractivity contribution in [3.8, 4) is 6.07 Å². The van der Waals surface area contributed by atoms with E-state index in [1.165, 1.54) is 11.8 Å². The first-order valence-electron chi connectivity index (χ1n) is 15.0. The molecule has 41 heavy (non-hydrogen) atoms. The number of carbonyl (C=O) groups excluding carboxylic acids is 1. The first-order chi connectivity index (χ1) is 19.6. The number of carbonyl (C=O) groups is 2. The lowest BCUT2D eigenvalue weighted by Gasteiger charge is -2.38. The van der Waals surface area contributed by atoms with Crippen molar-refractivity contribution in [2.75, 3.05) is 24.5 Å². The van der Waals surface area contributed by atoms with Crippen LogP contribution in [0, 0.1) is 30.1 Å². The molecule has 0 saturated carbocycles. The molecule has 1 N–H and O–H groups in total. The molecule has 3 heterocycles. The van der Waals surface area contributed by atoms with E-state index in [1.54, 1.807) is 16.4 Å². The van der Waals surface area contributed by atoms with E-state index < -0.39 is 5.97 Å². The summed E-state index contributed by atoms with van der Waals surface area (Å²) >= 11 is 6.89. The number of carboxylic acid groups (broad SMARTS) is 1. The van der Waals surface area contributed by atoms with E-state index >= 15 is 0 Å². The minimum atomic E-state index is -0.728. The van der Waals surface area contributed by atoms with E-state index in [1.807, 2.05) is 13.0 Å². The number of nitriles is 1. The third-order valence-electron chi connectivity index (χ3n) is 8.00. The van der Waals surface area contributed by atoms with Crippen molar-refractivity contribution >= 4 is 52.1 Å². The Morgan fingerprint density at radius 3 is 2.22 bits per heavy atom. The third kappa shape index (κ3) is 8.45. The Bertz CT molecular complexity index is 1260. The molecule has 2 saturated heterocycles. The van der Waals surface area contributed by atoms with Gasteiger partial charge < -0.3 is 10.0 Å². The molecule has 8 nitrogen and oxygen atoms in total. The van der Waals surface area contributed by atoms with Crippen LogP contribution in [0.15, 0.2) is 9.70 Å². The van der Waals surface area contributed by atoms with Crippen molar-refractivity contribution in [2.24, 2.45) is 11.8 Å². The van der Waals surface area contributed by atoms with Crippen LogP contribution in [0.1, 0.15) is 102 Å². The van der Waals surface area contributed by atoms with Crippen LogP contribution < -0.4 is 10.5 Å². The highest BCUT2D eigenvalue weighted by Gasteiger charge is 2.33. The molecule has 3 rings (SSSR count). The largest absolute Gasteiger partial charge is 0.481 e. The molecule has 2 aliphatic rings. The van der Waals surface area contributed by atoms with E-state index in [9.17, 15) is 19.6 Å². The zero-order chi connectivity index (χ0) is 30.1. The number of aromatic nitrogens is 1. The quantitative estimate of drug-likeness (QED) is 0.150. The molecule has 0 bridgehead atoms. The van der Waals surface area contributed by atoms with Gasteiger partial charge in [-0.25, -0.2) is 0 Å². The van der Waals surface area contributed by atoms with Gasteiger partial charge in [0.1, 0.15) is 21.8 Å². The van der Waals surface area contributed by atoms with Crippen LogP contribution in [0.3, 0.4) is 0 Å². The zero-order valence-corrected chi connectivity index (χ0v) is 26.5. The van der Waals surface area contributed by atoms with Crippen molar-refractivity contribution in [3.63, 3.8) is 0 Å². The predicted octanol–water partition coefficient (Wildman–Crippen LogP) is 6.33. The van der Waals surface area contributed by atoms with E-state index in [4.69, 9.17) is 17.3 Å². The van der Waals surface area contributed by atoms with Gasteiger partial charge in [0.05, 0.1) is 4.91 Å². The van der Waals surface area contributed by atoms with Crippen LogP contribution in [0.5, 0.6) is 0 Å². The van der Waals surface area contributed by atoms with Crippen molar-refractivity contribution in [1.82, 2.24) is 9.47 Å². The Labute approximate surface area is 253 Å². The molecule has 1 amide bonds. The fraction of sp³-hybridized carbons (Fsp3) is 0.645. The normalized spacial score (nSPS) is 20.2. The summed E-state index contributed by atoms with van der Waals surface area (Å²) in [5, 5.41) is 18.5. The van der Waals surface area contributed by atoms with Gasteiger partial charge in [0.2, 0.25) is 0 Å². The number of aliphatic carboxylic acids is 1. The smallest absolute Gasteiger partial charge is 0.303 e. The van der Waals surface area contributed by atoms with Gasteiger partial charge in [-0.3, -0.25) is 23.9 Å². The molecule has 0 aromatic carbocycles. The van der Waals surface area contributed by atoms with Gasteiger partial charge in [-0.15, -0.1) is 0 Å². The molecule has 0 aliphatic carbocycles. The maximum absolute atomic E-state index is 13.5. The summed E-state index contributed by atoms with van der Waals surface area (Å²) in [6, 6.07) is 2.11. The minimum absolute atomic E-state index is 0.114. The van der Waals surface area contributed by atoms with Crippen LogP contribution in [0.4, 0.5) is 5.82 Å². The average Bonchev–Trinajstić information content (AvgIpc) is 3.17. The van der Waals surface area contributed by atoms with E-state index in [2.05, 4.69) is 24.8 Å². The number of amides is 1. The van der Waals surface area contributed by atoms with Crippen LogP contribution >= 0.6 is 24.0 Å². The number of piperidine rings is 1. The Hall–Kier alpha value is -2.64. The van der Waals surface area contributed by atoms with E-state index in [0.717, 1.165) is 82.3 Å². The molecule has 2 unspecified atom stereocenters. The lowest BCUT2D eigenvalue weighted by atomic mass is 9.91. The number of hydrogen-bond donors (Lipinski definition) is 1. The first kappa shape index (κ1) is 32.9. The lowest BCUT2D eigenvalue weighted by molar-refractivity contribution is -0.137. The summed E-state index contributed by atoms with van der Waals surface area (Å²) < 4.78 is 2.23. The molecule has 0 radical (unpaired) electrons. The highest BCUT2D eigenvalue weighted by atomic mass is 32.2. The Balaban J connectivity index is 1.73. The molecular weight excluding hydrogens is 556 g/mol. The van der Waals surface area contributed by atoms with Crippen molar-refractivity contribution < 1.29 is 14.7 Å². The number of nitrogens with zero attached hydrogens (tertiary/aromatic N) is 4. The number of rotatable bonds is 14. The fourth-order valence-corrected chi connectivity index (χ4v) is 7.34. The fourth-order valence-electron chi connectivity index (χ4n) is 6.04. The maximum atomic E-state index is 13.5. The number of unbranched alkanes of at least 4 members (excludes halogenated alkanes) is 7. The monoisotopic (exact) mass is 600 g/mol. The Morgan fingerprint density at radius 1 is 1.07 bits per heavy atom. The van der Waals surface area contributed by atoms with Gasteiger partial charge in [-0.1, -0.05) is 76.4 Å². The van der Waals surface area contributed by atoms with Gasteiger partial charge >= 0.3 is 5.97 Å². The number of thioether (sulfide) groups is 1. The van der Waals surface area contributed by atoms with Crippen LogP contribution in [0.25, 0.3) is 6.08 Å². The summed E-state index contributed by atoms with van der Waals surface area (Å²) in [5.74, 6) is 0.892. The molecule has 2 atom stereocenters. The van der Waals surface area contributed by atoms with Crippen LogP contribution in [-0.2, 0) is 16.1 Å². The summed E-state index contributed by atoms with van der Waals surface area (Å²) in [6.07, 6.45) is 11.1. The number of thiocarbonyl (C=S) groups is 1. The first-order valence-corrected chi connectivity index (χ1v) is 16.2. The number of anilines is 1. The van der Waals surface area contributed by atoms with E-state index in [0.29, 0.717) is 39.7 Å². The molecular formula is C31H44N4O4S2. The summed E-state index contributed by atoms with van der Waals surface area (Å²) in [6.45, 7) is 10.8. The Morgan fingerprint density at radius 2 is 1.66 bits per heavy atom. The average molecular weight is 601 g/mol. The second kappa shape index (κ2) is 15.5. The van der Waals surface area contributed by atoms with Gasteiger partial charge in [-0.2, -0.15) is 5.26 Å². The zero-order valence-electron chi connectivity index (χ0n) is 24.9. The standard InChI is InChI=1S/C31H44N4O4S2/c1-5-34-28(33-19-21(2)16-22(3)20-33)24(23(4)25(18-32)29(34)38)17-26-30(39)35(31(40)41-26)15-13-11-9-7-6-8-10-12-14-27(36)37/h17,21-22H,5-16,19-20H2,1-4H3,(H,36,37). The SMILES string of the molecule is CCn1c(N2CC(C)CC(C)C2)c(C=C2SC(=S)N(CCCCCCCCCCC(=O)O)C2=O)c(C)c(C#N)c1=O. The van der Waals surface area contributed by atoms with Crippen LogP contribution in [0.2, 0.25) is 0 Å². The minimum Gasteiger partial charge on any atom is -0.481 e. The Kier molecular flexibility index (Phi) is 12.5. The summed E-state index contributed by atoms with van der Waals surface area (Å²) in [4.78, 5) is 41.8. The van der Waals surface area contributed by atoms with Gasteiger partial charge in [0, 0.05) is 38.2 Å². The molecule has 0 spiro atoms. The number of pyridine rings is 1. The van der Waals surface area contributed by atoms with E-state index in [-0.39, 0.29) is 23.5 Å². The van der Waals surface area contributed by atoms with Gasteiger partial charge in [-0.05, 0) is 56.6 Å². The highest BCUT2D eigenvalue weighted by molar-refractivity contribution is 8.26. The molecule has 1 aromatic rings. The third-order valence-corrected chi connectivity index (χ3v) is 9.38. The van der Waals surface area contributed by atoms with Gasteiger partial charge in [0.15, 0.2) is 0 Å². The molecule has 2 aliphatic heterocycles. The van der Waals surface area contributed by atoms with Gasteiger partial charge in [0.25, 0.3) is 11.5 Å².